The van der Waals surface area contributed by atoms with Crippen LogP contribution in [0, 0.1) is 12.8 Å². The van der Waals surface area contributed by atoms with Crippen LogP contribution in [0.1, 0.15) is 36.5 Å². The van der Waals surface area contributed by atoms with E-state index in [4.69, 9.17) is 5.73 Å². The van der Waals surface area contributed by atoms with E-state index in [-0.39, 0.29) is 11.9 Å². The molecule has 2 atom stereocenters. The number of amides is 1. The van der Waals surface area contributed by atoms with Gasteiger partial charge >= 0.3 is 0 Å². The van der Waals surface area contributed by atoms with Crippen molar-refractivity contribution >= 4 is 5.91 Å². The van der Waals surface area contributed by atoms with Crippen LogP contribution in [-0.2, 0) is 6.54 Å². The third-order valence-corrected chi connectivity index (χ3v) is 3.81. The molecule has 18 heavy (non-hydrogen) atoms. The first-order chi connectivity index (χ1) is 8.58. The molecule has 0 bridgehead atoms. The summed E-state index contributed by atoms with van der Waals surface area (Å²) in [5.41, 5.74) is 7.36. The molecule has 0 saturated carbocycles. The van der Waals surface area contributed by atoms with Crippen LogP contribution >= 0.6 is 0 Å². The van der Waals surface area contributed by atoms with Crippen molar-refractivity contribution in [3.05, 3.63) is 17.5 Å². The number of carbonyl (C=O) groups is 1. The van der Waals surface area contributed by atoms with E-state index in [1.807, 2.05) is 24.8 Å². The van der Waals surface area contributed by atoms with Crippen molar-refractivity contribution in [2.45, 2.75) is 39.8 Å². The van der Waals surface area contributed by atoms with Gasteiger partial charge in [0.2, 0.25) is 0 Å². The van der Waals surface area contributed by atoms with Crippen molar-refractivity contribution in [1.29, 1.82) is 0 Å². The van der Waals surface area contributed by atoms with Gasteiger partial charge in [-0.25, -0.2) is 0 Å². The summed E-state index contributed by atoms with van der Waals surface area (Å²) in [6, 6.07) is 2.03. The Bertz CT molecular complexity index is 440. The zero-order chi connectivity index (χ0) is 13.3. The summed E-state index contributed by atoms with van der Waals surface area (Å²) in [6.45, 7) is 8.12. The molecule has 0 radical (unpaired) electrons. The number of rotatable bonds is 3. The minimum atomic E-state index is 0.0669. The average molecular weight is 250 g/mol. The first-order valence-electron chi connectivity index (χ1n) is 6.64. The third-order valence-electron chi connectivity index (χ3n) is 3.81. The van der Waals surface area contributed by atoms with Gasteiger partial charge < -0.3 is 10.6 Å². The van der Waals surface area contributed by atoms with Gasteiger partial charge in [-0.05, 0) is 32.3 Å². The maximum Gasteiger partial charge on any atom is 0.272 e. The number of nitrogens with two attached hydrogens (primary N) is 1. The summed E-state index contributed by atoms with van der Waals surface area (Å²) < 4.78 is 1.77. The lowest BCUT2D eigenvalue weighted by Crippen LogP contribution is -2.42. The van der Waals surface area contributed by atoms with Crippen LogP contribution in [-0.4, -0.2) is 39.7 Å². The zero-order valence-electron chi connectivity index (χ0n) is 11.4. The molecule has 1 aliphatic heterocycles. The molecule has 1 fully saturated rings. The van der Waals surface area contributed by atoms with Crippen LogP contribution in [0.15, 0.2) is 6.07 Å². The second kappa shape index (κ2) is 5.10. The molecular formula is C13H22N4O. The van der Waals surface area contributed by atoms with Crippen molar-refractivity contribution in [2.24, 2.45) is 11.7 Å². The number of aromatic nitrogens is 2. The molecule has 1 aromatic rings. The average Bonchev–Trinajstić information content (AvgIpc) is 2.91. The van der Waals surface area contributed by atoms with Gasteiger partial charge in [0.15, 0.2) is 0 Å². The van der Waals surface area contributed by atoms with Crippen molar-refractivity contribution in [2.75, 3.05) is 13.1 Å². The van der Waals surface area contributed by atoms with Gasteiger partial charge in [-0.1, -0.05) is 6.92 Å². The monoisotopic (exact) mass is 250 g/mol. The second-order valence-electron chi connectivity index (χ2n) is 5.05. The first kappa shape index (κ1) is 13.1. The molecule has 1 aromatic heterocycles. The topological polar surface area (TPSA) is 64.2 Å². The highest BCUT2D eigenvalue weighted by atomic mass is 16.2. The Kier molecular flexibility index (Phi) is 3.71. The highest BCUT2D eigenvalue weighted by Crippen LogP contribution is 2.25. The van der Waals surface area contributed by atoms with Crippen LogP contribution in [0.25, 0.3) is 0 Å². The van der Waals surface area contributed by atoms with Crippen LogP contribution in [0.5, 0.6) is 0 Å². The second-order valence-corrected chi connectivity index (χ2v) is 5.05. The summed E-state index contributed by atoms with van der Waals surface area (Å²) in [6.07, 6.45) is 1.03. The predicted molar refractivity (Wildman–Crippen MR) is 70.3 cm³/mol. The lowest BCUT2D eigenvalue weighted by atomic mass is 10.0. The fourth-order valence-corrected chi connectivity index (χ4v) is 2.73. The van der Waals surface area contributed by atoms with Crippen LogP contribution in [0.2, 0.25) is 0 Å². The van der Waals surface area contributed by atoms with E-state index in [0.29, 0.717) is 24.7 Å². The van der Waals surface area contributed by atoms with Crippen molar-refractivity contribution in [3.63, 3.8) is 0 Å². The largest absolute Gasteiger partial charge is 0.333 e. The highest BCUT2D eigenvalue weighted by molar-refractivity contribution is 5.93. The molecule has 5 nitrogen and oxygen atoms in total. The standard InChI is InChI=1S/C13H22N4O/c1-4-17-11(7-10(3)15-17)13(18)16-6-5-9(2)12(16)8-14/h7,9,12H,4-6,8,14H2,1-3H3. The Morgan fingerprint density at radius 2 is 2.33 bits per heavy atom. The molecule has 2 rings (SSSR count). The minimum absolute atomic E-state index is 0.0669. The summed E-state index contributed by atoms with van der Waals surface area (Å²) in [5, 5.41) is 4.33. The van der Waals surface area contributed by atoms with Crippen molar-refractivity contribution in [3.8, 4) is 0 Å². The van der Waals surface area contributed by atoms with E-state index in [9.17, 15) is 4.79 Å². The quantitative estimate of drug-likeness (QED) is 0.871. The Labute approximate surface area is 108 Å². The number of carbonyl (C=O) groups excluding carboxylic acids is 1. The summed E-state index contributed by atoms with van der Waals surface area (Å²) >= 11 is 0. The molecule has 2 unspecified atom stereocenters. The van der Waals surface area contributed by atoms with Gasteiger partial charge in [0.05, 0.1) is 5.69 Å². The third kappa shape index (κ3) is 2.14. The lowest BCUT2D eigenvalue weighted by molar-refractivity contribution is 0.0715. The van der Waals surface area contributed by atoms with Gasteiger partial charge in [0.1, 0.15) is 5.69 Å². The lowest BCUT2D eigenvalue weighted by Gasteiger charge is -2.25. The molecule has 100 valence electrons. The molecule has 0 aliphatic carbocycles. The van der Waals surface area contributed by atoms with Gasteiger partial charge in [0.25, 0.3) is 5.91 Å². The van der Waals surface area contributed by atoms with Gasteiger partial charge in [-0.2, -0.15) is 5.10 Å². The molecular weight excluding hydrogens is 228 g/mol. The summed E-state index contributed by atoms with van der Waals surface area (Å²) in [4.78, 5) is 14.5. The number of aryl methyl sites for hydroxylation is 2. The number of likely N-dealkylation sites (tertiary alicyclic amines) is 1. The molecule has 1 saturated heterocycles. The Morgan fingerprint density at radius 3 is 2.94 bits per heavy atom. The SMILES string of the molecule is CCn1nc(C)cc1C(=O)N1CCC(C)C1CN. The van der Waals surface area contributed by atoms with Crippen LogP contribution in [0.3, 0.4) is 0 Å². The van der Waals surface area contributed by atoms with Crippen molar-refractivity contribution in [1.82, 2.24) is 14.7 Å². The normalized spacial score (nSPS) is 23.7. The maximum absolute atomic E-state index is 12.6. The zero-order valence-corrected chi connectivity index (χ0v) is 11.4. The fraction of sp³-hybridized carbons (Fsp3) is 0.692. The van der Waals surface area contributed by atoms with Crippen LogP contribution in [0.4, 0.5) is 0 Å². The molecule has 5 heteroatoms. The number of hydrogen-bond acceptors (Lipinski definition) is 3. The Morgan fingerprint density at radius 1 is 1.61 bits per heavy atom. The van der Waals surface area contributed by atoms with Crippen molar-refractivity contribution < 1.29 is 4.79 Å². The Hall–Kier alpha value is -1.36. The maximum atomic E-state index is 12.6. The van der Waals surface area contributed by atoms with E-state index >= 15 is 0 Å². The van der Waals surface area contributed by atoms with E-state index in [1.54, 1.807) is 4.68 Å². The minimum Gasteiger partial charge on any atom is -0.333 e. The van der Waals surface area contributed by atoms with Gasteiger partial charge in [-0.15, -0.1) is 0 Å². The molecule has 2 N–H and O–H groups in total. The molecule has 1 amide bonds. The number of hydrogen-bond donors (Lipinski definition) is 1. The predicted octanol–water partition coefficient (Wildman–Crippen LogP) is 1.02. The summed E-state index contributed by atoms with van der Waals surface area (Å²) in [7, 11) is 0. The van der Waals surface area contributed by atoms with Crippen LogP contribution < -0.4 is 5.73 Å². The van der Waals surface area contributed by atoms with E-state index in [0.717, 1.165) is 18.7 Å². The smallest absolute Gasteiger partial charge is 0.272 e. The highest BCUT2D eigenvalue weighted by Gasteiger charge is 2.34. The summed E-state index contributed by atoms with van der Waals surface area (Å²) in [5.74, 6) is 0.551. The van der Waals surface area contributed by atoms with E-state index < -0.39 is 0 Å². The first-order valence-corrected chi connectivity index (χ1v) is 6.64. The fourth-order valence-electron chi connectivity index (χ4n) is 2.73. The van der Waals surface area contributed by atoms with E-state index in [1.165, 1.54) is 0 Å². The van der Waals surface area contributed by atoms with Gasteiger partial charge in [-0.3, -0.25) is 9.48 Å². The van der Waals surface area contributed by atoms with Gasteiger partial charge in [0, 0.05) is 25.7 Å². The molecule has 2 heterocycles. The Balaban J connectivity index is 2.25. The molecule has 0 spiro atoms. The number of nitrogens with zero attached hydrogens (tertiary/aromatic N) is 3. The van der Waals surface area contributed by atoms with E-state index in [2.05, 4.69) is 12.0 Å². The molecule has 0 aromatic carbocycles. The molecule has 1 aliphatic rings.